The fourth-order valence-electron chi connectivity index (χ4n) is 4.55. The molecule has 246 valence electrons. The average molecular weight is 719 g/mol. The second-order valence-corrected chi connectivity index (χ2v) is 13.7. The van der Waals surface area contributed by atoms with Crippen LogP contribution in [0.1, 0.15) is 70.3 Å². The van der Waals surface area contributed by atoms with Gasteiger partial charge in [0, 0.05) is 31.3 Å². The Morgan fingerprint density at radius 3 is 1.91 bits per heavy atom. The molecule has 1 unspecified atom stereocenters. The van der Waals surface area contributed by atoms with Crippen molar-refractivity contribution in [3.8, 4) is 0 Å². The van der Waals surface area contributed by atoms with Crippen LogP contribution in [0.15, 0.2) is 54.9 Å². The molecule has 0 saturated carbocycles. The van der Waals surface area contributed by atoms with Gasteiger partial charge in [-0.2, -0.15) is 0 Å². The molecule has 0 bridgehead atoms. The van der Waals surface area contributed by atoms with Crippen LogP contribution in [0.5, 0.6) is 0 Å². The van der Waals surface area contributed by atoms with E-state index in [4.69, 9.17) is 82.3 Å². The lowest BCUT2D eigenvalue weighted by Crippen LogP contribution is -2.23. The Morgan fingerprint density at radius 2 is 1.44 bits per heavy atom. The fourth-order valence-corrected chi connectivity index (χ4v) is 5.23. The van der Waals surface area contributed by atoms with Crippen LogP contribution in [-0.2, 0) is 30.1 Å². The molecule has 7 nitrogen and oxygen atoms in total. The highest BCUT2D eigenvalue weighted by atomic mass is 35.5. The summed E-state index contributed by atoms with van der Waals surface area (Å²) in [5.41, 5.74) is 3.19. The first-order valence-electron chi connectivity index (χ1n) is 14.6. The number of benzene rings is 1. The normalized spacial score (nSPS) is 20.3. The second-order valence-electron chi connectivity index (χ2n) is 11.6. The smallest absolute Gasteiger partial charge is 0.163 e. The van der Waals surface area contributed by atoms with Gasteiger partial charge in [-0.15, -0.1) is 0 Å². The molecule has 45 heavy (non-hydrogen) atoms. The predicted molar refractivity (Wildman–Crippen MR) is 185 cm³/mol. The van der Waals surface area contributed by atoms with Crippen molar-refractivity contribution < 1.29 is 23.7 Å². The number of nitrogens with zero attached hydrogens (tertiary/aromatic N) is 2. The van der Waals surface area contributed by atoms with E-state index in [1.807, 2.05) is 52.0 Å². The van der Waals surface area contributed by atoms with Gasteiger partial charge in [0.2, 0.25) is 0 Å². The number of hydrogen-bond donors (Lipinski definition) is 0. The maximum atomic E-state index is 6.02. The van der Waals surface area contributed by atoms with E-state index in [1.165, 1.54) is 5.56 Å². The molecule has 0 radical (unpaired) electrons. The Hall–Kier alpha value is -1.59. The van der Waals surface area contributed by atoms with E-state index in [0.29, 0.717) is 39.9 Å². The molecule has 0 spiro atoms. The van der Waals surface area contributed by atoms with Gasteiger partial charge in [0.25, 0.3) is 0 Å². The maximum absolute atomic E-state index is 6.02. The van der Waals surface area contributed by atoms with Gasteiger partial charge in [-0.3, -0.25) is 0 Å². The molecule has 0 amide bonds. The van der Waals surface area contributed by atoms with E-state index in [-0.39, 0.29) is 23.5 Å². The topological polar surface area (TPSA) is 71.9 Å². The van der Waals surface area contributed by atoms with E-state index in [0.717, 1.165) is 24.0 Å². The van der Waals surface area contributed by atoms with Gasteiger partial charge in [-0.25, -0.2) is 9.97 Å². The fraction of sp³-hybridized carbons (Fsp3) is 0.485. The lowest BCUT2D eigenvalue weighted by molar-refractivity contribution is -0.141. The molecular formula is C33H40Cl4N2O5S. The van der Waals surface area contributed by atoms with Crippen LogP contribution in [-0.4, -0.2) is 52.0 Å². The third-order valence-electron chi connectivity index (χ3n) is 6.66. The summed E-state index contributed by atoms with van der Waals surface area (Å²) in [5, 5.41) is 1.93. The molecule has 4 heterocycles. The van der Waals surface area contributed by atoms with Crippen LogP contribution in [0.2, 0.25) is 20.4 Å². The van der Waals surface area contributed by atoms with Crippen molar-refractivity contribution in [2.75, 3.05) is 13.2 Å². The maximum Gasteiger partial charge on any atom is 0.163 e. The summed E-state index contributed by atoms with van der Waals surface area (Å²) in [4.78, 5) is 8.06. The minimum Gasteiger partial charge on any atom is -0.479 e. The average Bonchev–Trinajstić information content (AvgIpc) is 3.50. The van der Waals surface area contributed by atoms with Crippen molar-refractivity contribution in [2.24, 2.45) is 0 Å². The quantitative estimate of drug-likeness (QED) is 0.177. The number of thiocarbonyl (C=S) groups is 1. The number of pyridine rings is 2. The highest BCUT2D eigenvalue weighted by Gasteiger charge is 2.35. The molecule has 2 fully saturated rings. The minimum absolute atomic E-state index is 0.0752. The van der Waals surface area contributed by atoms with Crippen LogP contribution in [0.4, 0.5) is 0 Å². The molecule has 1 aromatic carbocycles. The molecule has 12 heteroatoms. The number of halogens is 4. The second kappa shape index (κ2) is 17.5. The van der Waals surface area contributed by atoms with Crippen molar-refractivity contribution >= 4 is 63.7 Å². The summed E-state index contributed by atoms with van der Waals surface area (Å²) >= 11 is 28.6. The van der Waals surface area contributed by atoms with Gasteiger partial charge < -0.3 is 23.7 Å². The van der Waals surface area contributed by atoms with Crippen LogP contribution in [0, 0.1) is 6.92 Å². The third kappa shape index (κ3) is 13.6. The van der Waals surface area contributed by atoms with Crippen LogP contribution in [0.3, 0.4) is 0 Å². The molecular weight excluding hydrogens is 678 g/mol. The van der Waals surface area contributed by atoms with Crippen LogP contribution in [0.25, 0.3) is 0 Å². The highest BCUT2D eigenvalue weighted by molar-refractivity contribution is 7.80. The number of rotatable bonds is 7. The standard InChI is InChI=1S/C14H17Cl2NO3S.C12H15Cl2NO2.C7H8/c1-8(21)19-12(5-10-7-18-14(2,3)20-10)9-4-11(15)13(16)17-6-9;1-12(2)16-7-9(17-12)4-3-8-5-10(13)11(14)15-6-8;1-7-5-3-2-4-6-7/h4,6,10,12H,5,7H2,1-3H3;5-6,9H,3-4,7H2,1-2H3;2-6H,1H3/t10-,12?;9-;/m00./s1. The largest absolute Gasteiger partial charge is 0.479 e. The lowest BCUT2D eigenvalue weighted by Gasteiger charge is -2.22. The molecule has 0 aliphatic carbocycles. The summed E-state index contributed by atoms with van der Waals surface area (Å²) in [7, 11) is 0. The summed E-state index contributed by atoms with van der Waals surface area (Å²) in [6.07, 6.45) is 5.49. The van der Waals surface area contributed by atoms with Crippen molar-refractivity contribution in [2.45, 2.75) is 90.7 Å². The SMILES string of the molecule is CC(=S)OC(C[C@H]1COC(C)(C)O1)c1cnc(Cl)c(Cl)c1.CC1(C)OC[C@H](CCc2cnc(Cl)c(Cl)c2)O1.Cc1ccccc1. The monoisotopic (exact) mass is 716 g/mol. The summed E-state index contributed by atoms with van der Waals surface area (Å²) in [5.74, 6) is -1.03. The summed E-state index contributed by atoms with van der Waals surface area (Å²) in [6, 6.07) is 13.8. The van der Waals surface area contributed by atoms with Gasteiger partial charge in [-0.1, -0.05) is 82.3 Å². The molecule has 3 aromatic rings. The minimum atomic E-state index is -0.572. The van der Waals surface area contributed by atoms with Crippen molar-refractivity contribution in [1.82, 2.24) is 9.97 Å². The Kier molecular flexibility index (Phi) is 14.7. The lowest BCUT2D eigenvalue weighted by atomic mass is 10.1. The van der Waals surface area contributed by atoms with Crippen LogP contribution >= 0.6 is 58.6 Å². The molecule has 0 N–H and O–H groups in total. The summed E-state index contributed by atoms with van der Waals surface area (Å²) in [6.45, 7) is 12.6. The number of hydrogen-bond acceptors (Lipinski definition) is 8. The van der Waals surface area contributed by atoms with Gasteiger partial charge in [0.15, 0.2) is 16.6 Å². The Morgan fingerprint density at radius 1 is 0.889 bits per heavy atom. The number of aryl methyl sites for hydroxylation is 2. The molecule has 2 aliphatic heterocycles. The first-order valence-corrected chi connectivity index (χ1v) is 16.5. The Balaban J connectivity index is 0.000000205. The Bertz CT molecular complexity index is 1400. The van der Waals surface area contributed by atoms with E-state index in [1.54, 1.807) is 25.4 Å². The molecule has 3 atom stereocenters. The number of aromatic nitrogens is 2. The highest BCUT2D eigenvalue weighted by Crippen LogP contribution is 2.33. The molecule has 5 rings (SSSR count). The van der Waals surface area contributed by atoms with Gasteiger partial charge in [-0.05, 0) is 77.4 Å². The van der Waals surface area contributed by atoms with Gasteiger partial charge in [0.1, 0.15) is 16.4 Å². The zero-order chi connectivity index (χ0) is 33.2. The zero-order valence-electron chi connectivity index (χ0n) is 26.3. The zero-order valence-corrected chi connectivity index (χ0v) is 30.2. The molecule has 2 aromatic heterocycles. The van der Waals surface area contributed by atoms with Crippen molar-refractivity contribution in [3.63, 3.8) is 0 Å². The Labute approximate surface area is 291 Å². The number of ether oxygens (including phenoxy) is 5. The van der Waals surface area contributed by atoms with E-state index in [2.05, 4.69) is 29.0 Å². The van der Waals surface area contributed by atoms with Crippen molar-refractivity contribution in [3.05, 3.63) is 91.9 Å². The van der Waals surface area contributed by atoms with Crippen molar-refractivity contribution in [1.29, 1.82) is 0 Å². The van der Waals surface area contributed by atoms with E-state index >= 15 is 0 Å². The van der Waals surface area contributed by atoms with Gasteiger partial charge in [0.05, 0.1) is 35.5 Å². The third-order valence-corrected chi connectivity index (χ3v) is 8.13. The molecule has 2 saturated heterocycles. The first-order chi connectivity index (χ1) is 21.1. The first kappa shape index (κ1) is 37.9. The predicted octanol–water partition coefficient (Wildman–Crippen LogP) is 9.80. The summed E-state index contributed by atoms with van der Waals surface area (Å²) < 4.78 is 28.3. The van der Waals surface area contributed by atoms with Gasteiger partial charge >= 0.3 is 0 Å². The van der Waals surface area contributed by atoms with Crippen LogP contribution < -0.4 is 0 Å². The van der Waals surface area contributed by atoms with E-state index in [9.17, 15) is 0 Å². The molecule has 2 aliphatic rings. The van der Waals surface area contributed by atoms with E-state index < -0.39 is 11.6 Å².